The molecule has 26 heavy (non-hydrogen) atoms. The lowest BCUT2D eigenvalue weighted by molar-refractivity contribution is 0.0697. The molecule has 4 nitrogen and oxygen atoms in total. The van der Waals surface area contributed by atoms with Crippen molar-refractivity contribution < 1.29 is 19.1 Å². The number of benzene rings is 2. The number of carboxylic acids is 1. The lowest BCUT2D eigenvalue weighted by Gasteiger charge is -2.21. The molecule has 0 saturated heterocycles. The highest BCUT2D eigenvalue weighted by molar-refractivity contribution is 6.70. The number of methoxy groups -OCH3 is 1. The maximum absolute atomic E-state index is 10.9. The second-order valence-electron chi connectivity index (χ2n) is 7.31. The third-order valence-electron chi connectivity index (χ3n) is 3.75. The highest BCUT2D eigenvalue weighted by Crippen LogP contribution is 2.31. The predicted molar refractivity (Wildman–Crippen MR) is 107 cm³/mol. The van der Waals surface area contributed by atoms with Gasteiger partial charge in [0.2, 0.25) is 8.32 Å². The number of carbonyl (C=O) groups is 1. The van der Waals surface area contributed by atoms with Crippen molar-refractivity contribution >= 4 is 14.3 Å². The van der Waals surface area contributed by atoms with Crippen molar-refractivity contribution in [3.8, 4) is 11.5 Å². The maximum atomic E-state index is 10.9. The maximum Gasteiger partial charge on any atom is 0.335 e. The van der Waals surface area contributed by atoms with Gasteiger partial charge >= 0.3 is 5.97 Å². The van der Waals surface area contributed by atoms with Gasteiger partial charge in [0.15, 0.2) is 5.75 Å². The predicted octanol–water partition coefficient (Wildman–Crippen LogP) is 4.95. The Kier molecular flexibility index (Phi) is 6.26. The van der Waals surface area contributed by atoms with Gasteiger partial charge in [-0.25, -0.2) is 4.79 Å². The summed E-state index contributed by atoms with van der Waals surface area (Å²) >= 11 is 0. The van der Waals surface area contributed by atoms with E-state index in [2.05, 4.69) is 26.2 Å². The Balaban J connectivity index is 2.05. The molecule has 2 rings (SSSR count). The van der Waals surface area contributed by atoms with Crippen LogP contribution in [-0.2, 0) is 12.8 Å². The van der Waals surface area contributed by atoms with Crippen molar-refractivity contribution in [2.24, 2.45) is 0 Å². The Morgan fingerprint density at radius 3 is 2.12 bits per heavy atom. The molecular weight excluding hydrogens is 344 g/mol. The summed E-state index contributed by atoms with van der Waals surface area (Å²) in [5.41, 5.74) is 3.50. The van der Waals surface area contributed by atoms with Crippen molar-refractivity contribution in [1.29, 1.82) is 0 Å². The van der Waals surface area contributed by atoms with E-state index in [-0.39, 0.29) is 0 Å². The van der Waals surface area contributed by atoms with E-state index in [1.807, 2.05) is 30.3 Å². The molecule has 0 radical (unpaired) electrons. The molecule has 2 aromatic carbocycles. The fourth-order valence-electron chi connectivity index (χ4n) is 2.64. The molecule has 0 aliphatic heterocycles. The molecule has 0 heterocycles. The first-order valence-electron chi connectivity index (χ1n) is 8.53. The topological polar surface area (TPSA) is 55.8 Å². The van der Waals surface area contributed by atoms with Crippen LogP contribution in [0.3, 0.4) is 0 Å². The lowest BCUT2D eigenvalue weighted by Crippen LogP contribution is -2.29. The summed E-state index contributed by atoms with van der Waals surface area (Å²) < 4.78 is 11.5. The second kappa shape index (κ2) is 8.23. The van der Waals surface area contributed by atoms with Gasteiger partial charge in [-0.3, -0.25) is 0 Å². The molecule has 0 bridgehead atoms. The Bertz CT molecular complexity index is 789. The summed E-state index contributed by atoms with van der Waals surface area (Å²) in [4.78, 5) is 10.9. The number of aromatic carboxylic acids is 1. The molecule has 0 fully saturated rings. The normalized spacial score (nSPS) is 11.1. The number of allylic oxidation sites excluding steroid dienone is 1. The first-order chi connectivity index (χ1) is 12.2. The lowest BCUT2D eigenvalue weighted by atomic mass is 9.99. The van der Waals surface area contributed by atoms with Gasteiger partial charge in [0.05, 0.1) is 12.7 Å². The van der Waals surface area contributed by atoms with Gasteiger partial charge in [-0.05, 0) is 67.9 Å². The summed E-state index contributed by atoms with van der Waals surface area (Å²) in [5, 5.41) is 8.96. The van der Waals surface area contributed by atoms with Crippen molar-refractivity contribution in [2.75, 3.05) is 7.11 Å². The molecule has 138 valence electrons. The number of carboxylic acid groups (broad SMARTS) is 1. The molecule has 0 aliphatic carbocycles. The quantitative estimate of drug-likeness (QED) is 0.528. The summed E-state index contributed by atoms with van der Waals surface area (Å²) in [7, 11) is -0.0504. The molecule has 0 unspecified atom stereocenters. The van der Waals surface area contributed by atoms with Crippen molar-refractivity contribution in [3.05, 3.63) is 71.3 Å². The number of hydrogen-bond donors (Lipinski definition) is 1. The number of ether oxygens (including phenoxy) is 1. The van der Waals surface area contributed by atoms with Gasteiger partial charge in [-0.1, -0.05) is 30.4 Å². The van der Waals surface area contributed by atoms with Gasteiger partial charge in [0.1, 0.15) is 5.75 Å². The zero-order chi connectivity index (χ0) is 19.3. The smallest absolute Gasteiger partial charge is 0.335 e. The standard InChI is InChI=1S/C21H26O4Si/c1-15(12-16-6-9-18(10-7-16)21(22)23)13-17-8-11-19(20(14-17)24-2)25-26(3,4)5/h6-11,14H,1,12-13H2,2-5H3,(H,22,23). The first-order valence-corrected chi connectivity index (χ1v) is 11.9. The van der Waals surface area contributed by atoms with Crippen LogP contribution >= 0.6 is 0 Å². The van der Waals surface area contributed by atoms with E-state index < -0.39 is 14.3 Å². The van der Waals surface area contributed by atoms with Crippen molar-refractivity contribution in [2.45, 2.75) is 32.5 Å². The molecule has 0 aliphatic rings. The average molecular weight is 371 g/mol. The molecule has 0 spiro atoms. The summed E-state index contributed by atoms with van der Waals surface area (Å²) in [6, 6.07) is 12.9. The highest BCUT2D eigenvalue weighted by Gasteiger charge is 2.19. The van der Waals surface area contributed by atoms with Crippen LogP contribution in [-0.4, -0.2) is 26.5 Å². The number of rotatable bonds is 8. The van der Waals surface area contributed by atoms with Crippen LogP contribution in [0.1, 0.15) is 21.5 Å². The molecule has 0 aromatic heterocycles. The fourth-order valence-corrected chi connectivity index (χ4v) is 3.47. The van der Waals surface area contributed by atoms with E-state index >= 15 is 0 Å². The summed E-state index contributed by atoms with van der Waals surface area (Å²) in [5.74, 6) is 0.608. The van der Waals surface area contributed by atoms with Crippen LogP contribution in [0, 0.1) is 0 Å². The zero-order valence-electron chi connectivity index (χ0n) is 15.8. The zero-order valence-corrected chi connectivity index (χ0v) is 16.8. The van der Waals surface area contributed by atoms with Crippen molar-refractivity contribution in [1.82, 2.24) is 0 Å². The Labute approximate surface area is 156 Å². The van der Waals surface area contributed by atoms with E-state index in [4.69, 9.17) is 14.3 Å². The molecular formula is C21H26O4Si. The van der Waals surface area contributed by atoms with E-state index in [0.717, 1.165) is 34.6 Å². The molecule has 5 heteroatoms. The van der Waals surface area contributed by atoms with E-state index in [0.29, 0.717) is 12.0 Å². The first kappa shape index (κ1) is 19.8. The van der Waals surface area contributed by atoms with Crippen molar-refractivity contribution in [3.63, 3.8) is 0 Å². The Hall–Kier alpha value is -2.53. The highest BCUT2D eigenvalue weighted by atomic mass is 28.4. The molecule has 0 amide bonds. The van der Waals surface area contributed by atoms with E-state index in [1.54, 1.807) is 19.2 Å². The van der Waals surface area contributed by atoms with Gasteiger partial charge < -0.3 is 14.3 Å². The summed E-state index contributed by atoms with van der Waals surface area (Å²) in [6.45, 7) is 10.6. The van der Waals surface area contributed by atoms with Crippen LogP contribution in [0.4, 0.5) is 0 Å². The monoisotopic (exact) mass is 370 g/mol. The van der Waals surface area contributed by atoms with Crippen LogP contribution in [0.2, 0.25) is 19.6 Å². The van der Waals surface area contributed by atoms with Gasteiger partial charge in [0, 0.05) is 0 Å². The number of hydrogen-bond acceptors (Lipinski definition) is 3. The Morgan fingerprint density at radius 1 is 1.00 bits per heavy atom. The fraction of sp³-hybridized carbons (Fsp3) is 0.286. The minimum Gasteiger partial charge on any atom is -0.542 e. The molecule has 1 N–H and O–H groups in total. The second-order valence-corrected chi connectivity index (χ2v) is 11.7. The molecule has 0 atom stereocenters. The van der Waals surface area contributed by atoms with Crippen LogP contribution < -0.4 is 9.16 Å². The van der Waals surface area contributed by atoms with Crippen LogP contribution in [0.5, 0.6) is 11.5 Å². The average Bonchev–Trinajstić information content (AvgIpc) is 2.55. The molecule has 2 aromatic rings. The van der Waals surface area contributed by atoms with E-state index in [9.17, 15) is 4.79 Å². The van der Waals surface area contributed by atoms with E-state index in [1.165, 1.54) is 0 Å². The third-order valence-corrected chi connectivity index (χ3v) is 4.59. The minimum absolute atomic E-state index is 0.294. The van der Waals surface area contributed by atoms with Crippen LogP contribution in [0.25, 0.3) is 0 Å². The minimum atomic E-state index is -1.70. The Morgan fingerprint density at radius 2 is 1.58 bits per heavy atom. The molecule has 0 saturated carbocycles. The largest absolute Gasteiger partial charge is 0.542 e. The summed E-state index contributed by atoms with van der Waals surface area (Å²) in [6.07, 6.45) is 1.43. The SMILES string of the molecule is C=C(Cc1ccc(C(=O)O)cc1)Cc1ccc(O[Si](C)(C)C)c(OC)c1. The van der Waals surface area contributed by atoms with Gasteiger partial charge in [-0.15, -0.1) is 0 Å². The van der Waals surface area contributed by atoms with Crippen LogP contribution in [0.15, 0.2) is 54.6 Å². The van der Waals surface area contributed by atoms with Gasteiger partial charge in [-0.2, -0.15) is 0 Å². The third kappa shape index (κ3) is 5.77. The van der Waals surface area contributed by atoms with Gasteiger partial charge in [0.25, 0.3) is 0 Å².